The van der Waals surface area contributed by atoms with E-state index in [-0.39, 0.29) is 6.04 Å². The van der Waals surface area contributed by atoms with Gasteiger partial charge in [0.2, 0.25) is 0 Å². The SMILES string of the molecule is CC(Nc1cccc(-n2cnnn2)c1)c1ccc(Br)o1. The molecule has 6 nitrogen and oxygen atoms in total. The van der Waals surface area contributed by atoms with E-state index in [1.807, 2.05) is 43.3 Å². The lowest BCUT2D eigenvalue weighted by atomic mass is 10.2. The Morgan fingerprint density at radius 3 is 2.90 bits per heavy atom. The van der Waals surface area contributed by atoms with Crippen molar-refractivity contribution in [1.29, 1.82) is 0 Å². The maximum Gasteiger partial charge on any atom is 0.169 e. The molecular formula is C13H12BrN5O. The molecule has 7 heteroatoms. The lowest BCUT2D eigenvalue weighted by molar-refractivity contribution is 0.471. The van der Waals surface area contributed by atoms with E-state index in [4.69, 9.17) is 4.42 Å². The van der Waals surface area contributed by atoms with Crippen molar-refractivity contribution in [3.63, 3.8) is 0 Å². The third kappa shape index (κ3) is 2.72. The van der Waals surface area contributed by atoms with Crippen LogP contribution in [0.4, 0.5) is 5.69 Å². The monoisotopic (exact) mass is 333 g/mol. The van der Waals surface area contributed by atoms with E-state index in [9.17, 15) is 0 Å². The van der Waals surface area contributed by atoms with E-state index in [1.165, 1.54) is 0 Å². The molecule has 0 bridgehead atoms. The summed E-state index contributed by atoms with van der Waals surface area (Å²) in [6, 6.07) is 11.7. The molecule has 1 aromatic carbocycles. The van der Waals surface area contributed by atoms with Crippen molar-refractivity contribution in [3.05, 3.63) is 53.2 Å². The minimum absolute atomic E-state index is 0.0606. The lowest BCUT2D eigenvalue weighted by Gasteiger charge is -2.13. The average molecular weight is 334 g/mol. The Labute approximate surface area is 123 Å². The van der Waals surface area contributed by atoms with E-state index in [2.05, 4.69) is 36.8 Å². The van der Waals surface area contributed by atoms with Crippen LogP contribution < -0.4 is 5.32 Å². The number of nitrogens with zero attached hydrogens (tertiary/aromatic N) is 4. The molecule has 0 saturated heterocycles. The zero-order chi connectivity index (χ0) is 13.9. The fraction of sp³-hybridized carbons (Fsp3) is 0.154. The van der Waals surface area contributed by atoms with E-state index >= 15 is 0 Å². The molecule has 1 N–H and O–H groups in total. The van der Waals surface area contributed by atoms with Crippen molar-refractivity contribution in [1.82, 2.24) is 20.2 Å². The minimum atomic E-state index is 0.0606. The van der Waals surface area contributed by atoms with Crippen LogP contribution in [-0.2, 0) is 0 Å². The van der Waals surface area contributed by atoms with Gasteiger partial charge in [-0.25, -0.2) is 4.68 Å². The summed E-state index contributed by atoms with van der Waals surface area (Å²) in [5.41, 5.74) is 1.87. The Morgan fingerprint density at radius 2 is 2.20 bits per heavy atom. The number of rotatable bonds is 4. The third-order valence-electron chi connectivity index (χ3n) is 2.86. The molecule has 3 rings (SSSR count). The van der Waals surface area contributed by atoms with Gasteiger partial charge >= 0.3 is 0 Å². The largest absolute Gasteiger partial charge is 0.452 e. The van der Waals surface area contributed by atoms with Crippen LogP contribution in [0.1, 0.15) is 18.7 Å². The molecule has 20 heavy (non-hydrogen) atoms. The predicted octanol–water partition coefficient (Wildman–Crippen LogP) is 3.19. The molecule has 1 atom stereocenters. The first-order chi connectivity index (χ1) is 9.72. The summed E-state index contributed by atoms with van der Waals surface area (Å²) < 4.78 is 7.87. The van der Waals surface area contributed by atoms with E-state index in [0.29, 0.717) is 0 Å². The number of tetrazole rings is 1. The molecular weight excluding hydrogens is 322 g/mol. The van der Waals surface area contributed by atoms with Crippen LogP contribution in [0.5, 0.6) is 0 Å². The topological polar surface area (TPSA) is 68.8 Å². The summed E-state index contributed by atoms with van der Waals surface area (Å²) in [5, 5.41) is 14.5. The van der Waals surface area contributed by atoms with Crippen LogP contribution in [0.3, 0.4) is 0 Å². The lowest BCUT2D eigenvalue weighted by Crippen LogP contribution is -2.06. The van der Waals surface area contributed by atoms with Gasteiger partial charge in [0.1, 0.15) is 12.1 Å². The molecule has 0 aliphatic carbocycles. The molecule has 1 unspecified atom stereocenters. The second-order valence-electron chi connectivity index (χ2n) is 4.31. The average Bonchev–Trinajstić information content (AvgIpc) is 3.10. The number of aromatic nitrogens is 4. The molecule has 102 valence electrons. The Hall–Kier alpha value is -2.15. The highest BCUT2D eigenvalue weighted by atomic mass is 79.9. The van der Waals surface area contributed by atoms with Crippen LogP contribution in [0.25, 0.3) is 5.69 Å². The summed E-state index contributed by atoms with van der Waals surface area (Å²) >= 11 is 3.30. The molecule has 0 radical (unpaired) electrons. The maximum atomic E-state index is 5.54. The highest BCUT2D eigenvalue weighted by molar-refractivity contribution is 9.10. The smallest absolute Gasteiger partial charge is 0.169 e. The van der Waals surface area contributed by atoms with Gasteiger partial charge in [-0.05, 0) is 63.6 Å². The Bertz CT molecular complexity index is 694. The van der Waals surface area contributed by atoms with Gasteiger partial charge in [-0.1, -0.05) is 6.07 Å². The summed E-state index contributed by atoms with van der Waals surface area (Å²) in [7, 11) is 0. The van der Waals surface area contributed by atoms with Crippen molar-refractivity contribution in [2.45, 2.75) is 13.0 Å². The predicted molar refractivity (Wildman–Crippen MR) is 77.6 cm³/mol. The first-order valence-corrected chi connectivity index (χ1v) is 6.87. The zero-order valence-electron chi connectivity index (χ0n) is 10.7. The molecule has 0 spiro atoms. The Kier molecular flexibility index (Phi) is 3.51. The highest BCUT2D eigenvalue weighted by Gasteiger charge is 2.10. The second kappa shape index (κ2) is 5.46. The van der Waals surface area contributed by atoms with Gasteiger partial charge in [0.05, 0.1) is 11.7 Å². The van der Waals surface area contributed by atoms with E-state index in [0.717, 1.165) is 21.8 Å². The molecule has 2 heterocycles. The second-order valence-corrected chi connectivity index (χ2v) is 5.09. The zero-order valence-corrected chi connectivity index (χ0v) is 12.3. The van der Waals surface area contributed by atoms with Crippen molar-refractivity contribution in [2.75, 3.05) is 5.32 Å². The summed E-state index contributed by atoms with van der Waals surface area (Å²) in [6.07, 6.45) is 1.56. The van der Waals surface area contributed by atoms with Gasteiger partial charge in [0, 0.05) is 5.69 Å². The minimum Gasteiger partial charge on any atom is -0.452 e. The van der Waals surface area contributed by atoms with Crippen molar-refractivity contribution < 1.29 is 4.42 Å². The Balaban J connectivity index is 1.79. The van der Waals surface area contributed by atoms with Gasteiger partial charge in [-0.3, -0.25) is 0 Å². The quantitative estimate of drug-likeness (QED) is 0.794. The van der Waals surface area contributed by atoms with Crippen LogP contribution in [0, 0.1) is 0 Å². The van der Waals surface area contributed by atoms with Gasteiger partial charge in [-0.15, -0.1) is 5.10 Å². The standard InChI is InChI=1S/C13H12BrN5O/c1-9(12-5-6-13(14)20-12)16-10-3-2-4-11(7-10)19-8-15-17-18-19/h2-9,16H,1H3. The summed E-state index contributed by atoms with van der Waals surface area (Å²) in [4.78, 5) is 0. The normalized spacial score (nSPS) is 12.3. The molecule has 0 fully saturated rings. The van der Waals surface area contributed by atoms with Gasteiger partial charge < -0.3 is 9.73 Å². The number of hydrogen-bond acceptors (Lipinski definition) is 5. The fourth-order valence-electron chi connectivity index (χ4n) is 1.90. The molecule has 0 amide bonds. The molecule has 0 aliphatic heterocycles. The van der Waals surface area contributed by atoms with Gasteiger partial charge in [-0.2, -0.15) is 0 Å². The van der Waals surface area contributed by atoms with Crippen LogP contribution in [-0.4, -0.2) is 20.2 Å². The maximum absolute atomic E-state index is 5.54. The third-order valence-corrected chi connectivity index (χ3v) is 3.29. The first kappa shape index (κ1) is 12.9. The molecule has 2 aromatic heterocycles. The molecule has 3 aromatic rings. The number of anilines is 1. The van der Waals surface area contributed by atoms with Crippen LogP contribution >= 0.6 is 15.9 Å². The van der Waals surface area contributed by atoms with Crippen LogP contribution in [0.15, 0.2) is 51.8 Å². The molecule has 0 saturated carbocycles. The van der Waals surface area contributed by atoms with E-state index < -0.39 is 0 Å². The number of furan rings is 1. The van der Waals surface area contributed by atoms with Crippen molar-refractivity contribution in [3.8, 4) is 5.69 Å². The first-order valence-electron chi connectivity index (χ1n) is 6.07. The fourth-order valence-corrected chi connectivity index (χ4v) is 2.22. The van der Waals surface area contributed by atoms with Gasteiger partial charge in [0.25, 0.3) is 0 Å². The van der Waals surface area contributed by atoms with Crippen molar-refractivity contribution in [2.24, 2.45) is 0 Å². The Morgan fingerprint density at radius 1 is 1.30 bits per heavy atom. The number of nitrogens with one attached hydrogen (secondary N) is 1. The number of hydrogen-bond donors (Lipinski definition) is 1. The summed E-state index contributed by atoms with van der Waals surface area (Å²) in [6.45, 7) is 2.04. The number of benzene rings is 1. The van der Waals surface area contributed by atoms with Crippen LogP contribution in [0.2, 0.25) is 0 Å². The van der Waals surface area contributed by atoms with Crippen molar-refractivity contribution >= 4 is 21.6 Å². The number of halogens is 1. The molecule has 0 aliphatic rings. The van der Waals surface area contributed by atoms with Gasteiger partial charge in [0.15, 0.2) is 4.67 Å². The highest BCUT2D eigenvalue weighted by Crippen LogP contribution is 2.24. The summed E-state index contributed by atoms with van der Waals surface area (Å²) in [5.74, 6) is 0.865. The van der Waals surface area contributed by atoms with E-state index in [1.54, 1.807) is 11.0 Å².